The van der Waals surface area contributed by atoms with Crippen molar-refractivity contribution in [2.75, 3.05) is 24.4 Å². The smallest absolute Gasteiger partial charge is 0.241 e. The SMILES string of the molecule is COc1ccc(O)c(NC(=O)[C@@H](N)CCSC)c1. The highest BCUT2D eigenvalue weighted by Crippen LogP contribution is 2.27. The Bertz CT molecular complexity index is 412. The molecule has 0 aliphatic heterocycles. The van der Waals surface area contributed by atoms with Crippen molar-refractivity contribution in [2.24, 2.45) is 5.73 Å². The second-order valence-corrected chi connectivity index (χ2v) is 4.75. The summed E-state index contributed by atoms with van der Waals surface area (Å²) in [6.45, 7) is 0. The van der Waals surface area contributed by atoms with E-state index in [0.717, 1.165) is 5.75 Å². The van der Waals surface area contributed by atoms with E-state index >= 15 is 0 Å². The zero-order valence-corrected chi connectivity index (χ0v) is 11.3. The number of nitrogens with one attached hydrogen (secondary N) is 1. The molecule has 0 radical (unpaired) electrons. The van der Waals surface area contributed by atoms with Gasteiger partial charge in [0.05, 0.1) is 18.8 Å². The number of thioether (sulfide) groups is 1. The van der Waals surface area contributed by atoms with Crippen LogP contribution in [-0.2, 0) is 4.79 Å². The summed E-state index contributed by atoms with van der Waals surface area (Å²) in [5.41, 5.74) is 6.04. The molecule has 1 amide bonds. The first-order valence-corrected chi connectivity index (χ1v) is 6.90. The number of anilines is 1. The van der Waals surface area contributed by atoms with Gasteiger partial charge in [-0.2, -0.15) is 11.8 Å². The van der Waals surface area contributed by atoms with Gasteiger partial charge in [0.25, 0.3) is 0 Å². The maximum Gasteiger partial charge on any atom is 0.241 e. The molecule has 100 valence electrons. The largest absolute Gasteiger partial charge is 0.506 e. The Hall–Kier alpha value is -1.40. The lowest BCUT2D eigenvalue weighted by Crippen LogP contribution is -2.36. The van der Waals surface area contributed by atoms with Gasteiger partial charge in [0.1, 0.15) is 11.5 Å². The minimum absolute atomic E-state index is 0.0128. The third-order valence-electron chi connectivity index (χ3n) is 2.43. The molecule has 5 nitrogen and oxygen atoms in total. The maximum atomic E-state index is 11.8. The second-order valence-electron chi connectivity index (χ2n) is 3.76. The average molecular weight is 270 g/mol. The summed E-state index contributed by atoms with van der Waals surface area (Å²) in [6, 6.07) is 4.04. The van der Waals surface area contributed by atoms with Gasteiger partial charge in [0, 0.05) is 6.07 Å². The summed E-state index contributed by atoms with van der Waals surface area (Å²) in [5.74, 6) is 1.05. The fraction of sp³-hybridized carbons (Fsp3) is 0.417. The third kappa shape index (κ3) is 4.12. The number of phenols is 1. The average Bonchev–Trinajstić information content (AvgIpc) is 2.38. The van der Waals surface area contributed by atoms with E-state index in [1.807, 2.05) is 6.26 Å². The topological polar surface area (TPSA) is 84.6 Å². The Balaban J connectivity index is 2.68. The highest BCUT2D eigenvalue weighted by molar-refractivity contribution is 7.98. The van der Waals surface area contributed by atoms with Crippen LogP contribution in [0.2, 0.25) is 0 Å². The number of hydrogen-bond donors (Lipinski definition) is 3. The van der Waals surface area contributed by atoms with Crippen LogP contribution in [0.1, 0.15) is 6.42 Å². The highest BCUT2D eigenvalue weighted by atomic mass is 32.2. The van der Waals surface area contributed by atoms with Crippen molar-refractivity contribution in [1.82, 2.24) is 0 Å². The van der Waals surface area contributed by atoms with Gasteiger partial charge in [0.2, 0.25) is 5.91 Å². The molecule has 1 rings (SSSR count). The number of benzene rings is 1. The molecule has 0 saturated carbocycles. The Morgan fingerprint density at radius 1 is 1.61 bits per heavy atom. The predicted octanol–water partition coefficient (Wildman–Crippen LogP) is 1.42. The molecular formula is C12H18N2O3S. The Kier molecular flexibility index (Phi) is 5.80. The van der Waals surface area contributed by atoms with Crippen molar-refractivity contribution in [1.29, 1.82) is 0 Å². The molecule has 1 atom stereocenters. The molecule has 4 N–H and O–H groups in total. The molecule has 0 spiro atoms. The summed E-state index contributed by atoms with van der Waals surface area (Å²) in [7, 11) is 1.52. The van der Waals surface area contributed by atoms with Gasteiger partial charge in [0.15, 0.2) is 0 Å². The van der Waals surface area contributed by atoms with Crippen molar-refractivity contribution in [3.8, 4) is 11.5 Å². The monoisotopic (exact) mass is 270 g/mol. The van der Waals surface area contributed by atoms with Gasteiger partial charge in [-0.3, -0.25) is 4.79 Å². The molecule has 0 heterocycles. The number of nitrogens with two attached hydrogens (primary N) is 1. The summed E-state index contributed by atoms with van der Waals surface area (Å²) < 4.78 is 5.02. The molecule has 6 heteroatoms. The fourth-order valence-electron chi connectivity index (χ4n) is 1.34. The van der Waals surface area contributed by atoms with E-state index < -0.39 is 6.04 Å². The van der Waals surface area contributed by atoms with Crippen LogP contribution in [0.15, 0.2) is 18.2 Å². The molecule has 0 unspecified atom stereocenters. The third-order valence-corrected chi connectivity index (χ3v) is 3.08. The van der Waals surface area contributed by atoms with E-state index in [0.29, 0.717) is 17.9 Å². The van der Waals surface area contributed by atoms with E-state index in [1.165, 1.54) is 13.2 Å². The zero-order valence-electron chi connectivity index (χ0n) is 10.5. The minimum atomic E-state index is -0.581. The molecule has 0 saturated heterocycles. The van der Waals surface area contributed by atoms with Crippen LogP contribution in [-0.4, -0.2) is 36.2 Å². The number of ether oxygens (including phenoxy) is 1. The Labute approximate surface area is 111 Å². The van der Waals surface area contributed by atoms with Crippen LogP contribution in [0.3, 0.4) is 0 Å². The number of amides is 1. The Morgan fingerprint density at radius 3 is 2.94 bits per heavy atom. The first kappa shape index (κ1) is 14.7. The number of aromatic hydroxyl groups is 1. The van der Waals surface area contributed by atoms with E-state index in [1.54, 1.807) is 23.9 Å². The normalized spacial score (nSPS) is 11.9. The summed E-state index contributed by atoms with van der Waals surface area (Å²) in [5, 5.41) is 12.2. The molecule has 1 aromatic rings. The maximum absolute atomic E-state index is 11.8. The standard InChI is InChI=1S/C12H18N2O3S/c1-17-8-3-4-11(15)10(7-8)14-12(16)9(13)5-6-18-2/h3-4,7,9,15H,5-6,13H2,1-2H3,(H,14,16)/t9-/m0/s1. The molecule has 0 aliphatic rings. The van der Waals surface area contributed by atoms with Crippen LogP contribution in [0.5, 0.6) is 11.5 Å². The minimum Gasteiger partial charge on any atom is -0.506 e. The van der Waals surface area contributed by atoms with Crippen LogP contribution in [0.4, 0.5) is 5.69 Å². The van der Waals surface area contributed by atoms with Gasteiger partial charge in [-0.05, 0) is 30.6 Å². The van der Waals surface area contributed by atoms with Gasteiger partial charge in [-0.15, -0.1) is 0 Å². The van der Waals surface area contributed by atoms with E-state index in [-0.39, 0.29) is 11.7 Å². The van der Waals surface area contributed by atoms with Crippen molar-refractivity contribution >= 4 is 23.4 Å². The van der Waals surface area contributed by atoms with Gasteiger partial charge < -0.3 is 20.9 Å². The fourth-order valence-corrected chi connectivity index (χ4v) is 1.83. The van der Waals surface area contributed by atoms with E-state index in [9.17, 15) is 9.90 Å². The highest BCUT2D eigenvalue weighted by Gasteiger charge is 2.15. The lowest BCUT2D eigenvalue weighted by Gasteiger charge is -2.13. The van der Waals surface area contributed by atoms with Gasteiger partial charge >= 0.3 is 0 Å². The summed E-state index contributed by atoms with van der Waals surface area (Å²) in [6.07, 6.45) is 2.55. The van der Waals surface area contributed by atoms with E-state index in [4.69, 9.17) is 10.5 Å². The number of carbonyl (C=O) groups is 1. The second kappa shape index (κ2) is 7.13. The first-order valence-electron chi connectivity index (χ1n) is 5.51. The lowest BCUT2D eigenvalue weighted by atomic mass is 10.2. The predicted molar refractivity (Wildman–Crippen MR) is 74.3 cm³/mol. The molecule has 0 bridgehead atoms. The first-order chi connectivity index (χ1) is 8.58. The number of methoxy groups -OCH3 is 1. The van der Waals surface area contributed by atoms with Crippen LogP contribution in [0, 0.1) is 0 Å². The Morgan fingerprint density at radius 2 is 2.33 bits per heavy atom. The van der Waals surface area contributed by atoms with Crippen molar-refractivity contribution in [2.45, 2.75) is 12.5 Å². The number of rotatable bonds is 6. The zero-order chi connectivity index (χ0) is 13.5. The van der Waals surface area contributed by atoms with Gasteiger partial charge in [-0.1, -0.05) is 0 Å². The van der Waals surface area contributed by atoms with Crippen molar-refractivity contribution in [3.63, 3.8) is 0 Å². The van der Waals surface area contributed by atoms with Crippen molar-refractivity contribution < 1.29 is 14.6 Å². The summed E-state index contributed by atoms with van der Waals surface area (Å²) >= 11 is 1.63. The lowest BCUT2D eigenvalue weighted by molar-refractivity contribution is -0.117. The van der Waals surface area contributed by atoms with Crippen LogP contribution >= 0.6 is 11.8 Å². The van der Waals surface area contributed by atoms with E-state index in [2.05, 4.69) is 5.32 Å². The number of phenolic OH excluding ortho intramolecular Hbond substituents is 1. The molecular weight excluding hydrogens is 252 g/mol. The molecule has 0 fully saturated rings. The van der Waals surface area contributed by atoms with Crippen molar-refractivity contribution in [3.05, 3.63) is 18.2 Å². The number of carbonyl (C=O) groups excluding carboxylic acids is 1. The van der Waals surface area contributed by atoms with Crippen LogP contribution in [0.25, 0.3) is 0 Å². The molecule has 18 heavy (non-hydrogen) atoms. The number of hydrogen-bond acceptors (Lipinski definition) is 5. The molecule has 0 aromatic heterocycles. The molecule has 1 aromatic carbocycles. The van der Waals surface area contributed by atoms with Crippen LogP contribution < -0.4 is 15.8 Å². The summed E-state index contributed by atoms with van der Waals surface area (Å²) in [4.78, 5) is 11.8. The molecule has 0 aliphatic carbocycles. The van der Waals surface area contributed by atoms with Gasteiger partial charge in [-0.25, -0.2) is 0 Å². The quantitative estimate of drug-likeness (QED) is 0.681.